The fourth-order valence-electron chi connectivity index (χ4n) is 4.23. The molecule has 164 valence electrons. The van der Waals surface area contributed by atoms with Crippen molar-refractivity contribution in [1.82, 2.24) is 10.1 Å². The second-order valence-corrected chi connectivity index (χ2v) is 9.40. The van der Waals surface area contributed by atoms with Gasteiger partial charge < -0.3 is 14.3 Å². The van der Waals surface area contributed by atoms with Crippen LogP contribution in [0.25, 0.3) is 22.4 Å². The van der Waals surface area contributed by atoms with Gasteiger partial charge in [0, 0.05) is 34.4 Å². The van der Waals surface area contributed by atoms with Crippen molar-refractivity contribution in [3.8, 4) is 11.4 Å². The van der Waals surface area contributed by atoms with Crippen molar-refractivity contribution < 1.29 is 13.7 Å². The standard InChI is InChI=1S/C25H25N3O3S/c1-16-26-24(28-31-16)19-12-5-7-13-21(19)27-25(29)23-20(15-32-17-9-3-2-4-10-17)18-11-6-8-14-22(18)30-23/h5-8,11-14,17H,2-4,9-10,15H2,1H3,(H,27,29). The Labute approximate surface area is 190 Å². The maximum absolute atomic E-state index is 13.4. The van der Waals surface area contributed by atoms with Gasteiger partial charge in [0.05, 0.1) is 5.69 Å². The average Bonchev–Trinajstić information content (AvgIpc) is 3.42. The molecule has 0 aliphatic heterocycles. The number of para-hydroxylation sites is 2. The van der Waals surface area contributed by atoms with Crippen molar-refractivity contribution in [2.24, 2.45) is 0 Å². The molecule has 0 spiro atoms. The minimum absolute atomic E-state index is 0.270. The average molecular weight is 448 g/mol. The Kier molecular flexibility index (Phi) is 5.99. The summed E-state index contributed by atoms with van der Waals surface area (Å²) in [5, 5.41) is 8.66. The lowest BCUT2D eigenvalue weighted by molar-refractivity contribution is 0.0998. The van der Waals surface area contributed by atoms with E-state index in [4.69, 9.17) is 8.94 Å². The first-order valence-electron chi connectivity index (χ1n) is 11.0. The van der Waals surface area contributed by atoms with E-state index in [2.05, 4.69) is 15.5 Å². The smallest absolute Gasteiger partial charge is 0.291 e. The van der Waals surface area contributed by atoms with Gasteiger partial charge in [0.1, 0.15) is 5.58 Å². The molecule has 0 saturated heterocycles. The number of hydrogen-bond acceptors (Lipinski definition) is 6. The monoisotopic (exact) mass is 447 g/mol. The molecule has 1 fully saturated rings. The molecule has 0 unspecified atom stereocenters. The van der Waals surface area contributed by atoms with Gasteiger partial charge in [-0.15, -0.1) is 0 Å². The van der Waals surface area contributed by atoms with Crippen molar-refractivity contribution in [3.05, 3.63) is 65.7 Å². The molecular formula is C25H25N3O3S. The third-order valence-electron chi connectivity index (χ3n) is 5.86. The van der Waals surface area contributed by atoms with Crippen LogP contribution in [0, 0.1) is 6.92 Å². The number of amides is 1. The first-order valence-corrected chi connectivity index (χ1v) is 12.1. The molecule has 4 aromatic rings. The molecule has 1 saturated carbocycles. The normalized spacial score (nSPS) is 14.7. The van der Waals surface area contributed by atoms with E-state index < -0.39 is 0 Å². The van der Waals surface area contributed by atoms with Gasteiger partial charge in [-0.25, -0.2) is 0 Å². The molecular weight excluding hydrogens is 422 g/mol. The number of nitrogens with zero attached hydrogens (tertiary/aromatic N) is 2. The van der Waals surface area contributed by atoms with Gasteiger partial charge in [0.15, 0.2) is 5.76 Å². The van der Waals surface area contributed by atoms with E-state index in [0.717, 1.165) is 22.3 Å². The number of rotatable bonds is 6. The summed E-state index contributed by atoms with van der Waals surface area (Å²) >= 11 is 1.94. The largest absolute Gasteiger partial charge is 0.451 e. The predicted octanol–water partition coefficient (Wildman–Crippen LogP) is 6.61. The Morgan fingerprint density at radius 1 is 1.09 bits per heavy atom. The zero-order chi connectivity index (χ0) is 21.9. The summed E-state index contributed by atoms with van der Waals surface area (Å²) in [7, 11) is 0. The van der Waals surface area contributed by atoms with Gasteiger partial charge in [-0.05, 0) is 31.0 Å². The fourth-order valence-corrected chi connectivity index (χ4v) is 5.59. The van der Waals surface area contributed by atoms with Gasteiger partial charge in [0.25, 0.3) is 5.91 Å². The number of nitrogens with one attached hydrogen (secondary N) is 1. The number of anilines is 1. The van der Waals surface area contributed by atoms with E-state index in [9.17, 15) is 4.79 Å². The molecule has 0 atom stereocenters. The van der Waals surface area contributed by atoms with Gasteiger partial charge in [-0.1, -0.05) is 54.8 Å². The van der Waals surface area contributed by atoms with Crippen molar-refractivity contribution in [2.45, 2.75) is 50.0 Å². The molecule has 6 nitrogen and oxygen atoms in total. The molecule has 2 heterocycles. The predicted molar refractivity (Wildman–Crippen MR) is 127 cm³/mol. The molecule has 5 rings (SSSR count). The van der Waals surface area contributed by atoms with Crippen molar-refractivity contribution >= 4 is 34.3 Å². The Morgan fingerprint density at radius 3 is 2.69 bits per heavy atom. The molecule has 2 aromatic heterocycles. The van der Waals surface area contributed by atoms with E-state index in [1.54, 1.807) is 6.92 Å². The summed E-state index contributed by atoms with van der Waals surface area (Å²) in [5.41, 5.74) is 3.01. The topological polar surface area (TPSA) is 81.2 Å². The summed E-state index contributed by atoms with van der Waals surface area (Å²) < 4.78 is 11.2. The SMILES string of the molecule is Cc1nc(-c2ccccc2NC(=O)c2oc3ccccc3c2CSC2CCCCC2)no1. The minimum Gasteiger partial charge on any atom is -0.451 e. The Morgan fingerprint density at radius 2 is 1.88 bits per heavy atom. The molecule has 32 heavy (non-hydrogen) atoms. The van der Waals surface area contributed by atoms with E-state index in [1.807, 2.05) is 60.3 Å². The second-order valence-electron chi connectivity index (χ2n) is 8.11. The molecule has 7 heteroatoms. The summed E-state index contributed by atoms with van der Waals surface area (Å²) in [6.45, 7) is 1.74. The minimum atomic E-state index is -0.270. The number of aryl methyl sites for hydroxylation is 1. The van der Waals surface area contributed by atoms with E-state index in [0.29, 0.717) is 34.0 Å². The van der Waals surface area contributed by atoms with E-state index in [-0.39, 0.29) is 5.91 Å². The lowest BCUT2D eigenvalue weighted by Crippen LogP contribution is -2.14. The maximum Gasteiger partial charge on any atom is 0.291 e. The number of carbonyl (C=O) groups is 1. The maximum atomic E-state index is 13.4. The highest BCUT2D eigenvalue weighted by Crippen LogP contribution is 2.35. The number of hydrogen-bond donors (Lipinski definition) is 1. The number of furan rings is 1. The third kappa shape index (κ3) is 4.30. The summed E-state index contributed by atoms with van der Waals surface area (Å²) in [6.07, 6.45) is 6.42. The first-order chi connectivity index (χ1) is 15.7. The third-order valence-corrected chi connectivity index (χ3v) is 7.26. The molecule has 1 aliphatic rings. The highest BCUT2D eigenvalue weighted by molar-refractivity contribution is 7.99. The zero-order valence-electron chi connectivity index (χ0n) is 18.0. The fraction of sp³-hybridized carbons (Fsp3) is 0.320. The second kappa shape index (κ2) is 9.20. The zero-order valence-corrected chi connectivity index (χ0v) is 18.8. The van der Waals surface area contributed by atoms with Crippen LogP contribution in [0.3, 0.4) is 0 Å². The molecule has 1 aliphatic carbocycles. The highest BCUT2D eigenvalue weighted by atomic mass is 32.2. The van der Waals surface area contributed by atoms with Crippen LogP contribution < -0.4 is 5.32 Å². The van der Waals surface area contributed by atoms with E-state index in [1.165, 1.54) is 32.1 Å². The van der Waals surface area contributed by atoms with Gasteiger partial charge in [-0.3, -0.25) is 4.79 Å². The van der Waals surface area contributed by atoms with Crippen LogP contribution in [0.5, 0.6) is 0 Å². The number of aromatic nitrogens is 2. The van der Waals surface area contributed by atoms with Crippen LogP contribution >= 0.6 is 11.8 Å². The van der Waals surface area contributed by atoms with Gasteiger partial charge in [-0.2, -0.15) is 16.7 Å². The first kappa shape index (κ1) is 20.8. The van der Waals surface area contributed by atoms with Gasteiger partial charge >= 0.3 is 0 Å². The van der Waals surface area contributed by atoms with Crippen LogP contribution in [0.2, 0.25) is 0 Å². The van der Waals surface area contributed by atoms with Crippen molar-refractivity contribution in [3.63, 3.8) is 0 Å². The number of carbonyl (C=O) groups excluding carboxylic acids is 1. The summed E-state index contributed by atoms with van der Waals surface area (Å²) in [4.78, 5) is 17.7. The van der Waals surface area contributed by atoms with Crippen LogP contribution in [-0.2, 0) is 5.75 Å². The molecule has 2 aromatic carbocycles. The highest BCUT2D eigenvalue weighted by Gasteiger charge is 2.23. The van der Waals surface area contributed by atoms with Crippen molar-refractivity contribution in [2.75, 3.05) is 5.32 Å². The Balaban J connectivity index is 1.44. The van der Waals surface area contributed by atoms with Crippen molar-refractivity contribution in [1.29, 1.82) is 0 Å². The van der Waals surface area contributed by atoms with Crippen LogP contribution in [0.4, 0.5) is 5.69 Å². The van der Waals surface area contributed by atoms with E-state index >= 15 is 0 Å². The molecule has 0 bridgehead atoms. The lowest BCUT2D eigenvalue weighted by atomic mass is 10.0. The summed E-state index contributed by atoms with van der Waals surface area (Å²) in [5.74, 6) is 1.77. The van der Waals surface area contributed by atoms with Crippen LogP contribution in [-0.4, -0.2) is 21.3 Å². The van der Waals surface area contributed by atoms with Gasteiger partial charge in [0.2, 0.25) is 11.7 Å². The number of benzene rings is 2. The Hall–Kier alpha value is -3.06. The molecule has 0 radical (unpaired) electrons. The quantitative estimate of drug-likeness (QED) is 0.358. The molecule has 1 N–H and O–H groups in total. The lowest BCUT2D eigenvalue weighted by Gasteiger charge is -2.20. The molecule has 1 amide bonds. The number of thioether (sulfide) groups is 1. The van der Waals surface area contributed by atoms with Crippen LogP contribution in [0.15, 0.2) is 57.5 Å². The van der Waals surface area contributed by atoms with Crippen LogP contribution in [0.1, 0.15) is 54.1 Å². The Bertz CT molecular complexity index is 1240. The summed E-state index contributed by atoms with van der Waals surface area (Å²) in [6, 6.07) is 15.3. The number of fused-ring (bicyclic) bond motifs is 1.